The lowest BCUT2D eigenvalue weighted by molar-refractivity contribution is 1.02. The number of rotatable bonds is 0. The molecule has 0 saturated heterocycles. The second kappa shape index (κ2) is 3.45. The smallest absolute Gasteiger partial charge is 0.0839 e. The summed E-state index contributed by atoms with van der Waals surface area (Å²) in [6.45, 7) is 3.86. The standard InChI is InChI=1S/C8H9ClN2/c1-6-8(4-3-5-9)7(2)11-10-6/h5H2,1-2H3,(H,10,11). The number of aromatic nitrogens is 2. The molecule has 0 fully saturated rings. The van der Waals surface area contributed by atoms with Gasteiger partial charge < -0.3 is 0 Å². The van der Waals surface area contributed by atoms with E-state index in [9.17, 15) is 0 Å². The summed E-state index contributed by atoms with van der Waals surface area (Å²) >= 11 is 5.42. The van der Waals surface area contributed by atoms with Crippen LogP contribution in [0, 0.1) is 25.7 Å². The summed E-state index contributed by atoms with van der Waals surface area (Å²) < 4.78 is 0. The van der Waals surface area contributed by atoms with E-state index in [2.05, 4.69) is 22.0 Å². The van der Waals surface area contributed by atoms with E-state index in [-0.39, 0.29) is 0 Å². The number of nitrogens with one attached hydrogen (secondary N) is 1. The minimum Gasteiger partial charge on any atom is -0.281 e. The molecule has 1 aromatic rings. The largest absolute Gasteiger partial charge is 0.281 e. The van der Waals surface area contributed by atoms with Gasteiger partial charge in [-0.2, -0.15) is 5.10 Å². The average molecular weight is 169 g/mol. The highest BCUT2D eigenvalue weighted by molar-refractivity contribution is 6.19. The van der Waals surface area contributed by atoms with Crippen LogP contribution in [0.2, 0.25) is 0 Å². The van der Waals surface area contributed by atoms with E-state index >= 15 is 0 Å². The third kappa shape index (κ3) is 1.75. The Kier molecular flexibility index (Phi) is 2.56. The Morgan fingerprint density at radius 1 is 1.55 bits per heavy atom. The highest BCUT2D eigenvalue weighted by atomic mass is 35.5. The zero-order chi connectivity index (χ0) is 8.27. The Labute approximate surface area is 71.0 Å². The second-order valence-corrected chi connectivity index (χ2v) is 2.51. The summed E-state index contributed by atoms with van der Waals surface area (Å²) in [7, 11) is 0. The van der Waals surface area contributed by atoms with Crippen molar-refractivity contribution in [3.63, 3.8) is 0 Å². The molecule has 1 heterocycles. The minimum atomic E-state index is 0.365. The summed E-state index contributed by atoms with van der Waals surface area (Å²) in [6, 6.07) is 0. The molecule has 0 bridgehead atoms. The van der Waals surface area contributed by atoms with E-state index in [0.717, 1.165) is 17.0 Å². The van der Waals surface area contributed by atoms with Crippen LogP contribution in [0.15, 0.2) is 0 Å². The Morgan fingerprint density at radius 2 is 2.27 bits per heavy atom. The van der Waals surface area contributed by atoms with Gasteiger partial charge in [-0.05, 0) is 13.8 Å². The molecule has 0 saturated carbocycles. The van der Waals surface area contributed by atoms with Crippen LogP contribution in [-0.4, -0.2) is 16.1 Å². The van der Waals surface area contributed by atoms with Crippen molar-refractivity contribution in [3.8, 4) is 11.8 Å². The first-order valence-corrected chi connectivity index (χ1v) is 3.85. The summed E-state index contributed by atoms with van der Waals surface area (Å²) in [5.74, 6) is 6.09. The number of halogens is 1. The van der Waals surface area contributed by atoms with Crippen molar-refractivity contribution in [2.45, 2.75) is 13.8 Å². The highest BCUT2D eigenvalue weighted by Gasteiger charge is 2.00. The molecule has 0 amide bonds. The molecule has 1 rings (SSSR count). The number of alkyl halides is 1. The van der Waals surface area contributed by atoms with Gasteiger partial charge in [-0.3, -0.25) is 5.10 Å². The van der Waals surface area contributed by atoms with Crippen LogP contribution in [0.5, 0.6) is 0 Å². The first-order chi connectivity index (χ1) is 5.25. The van der Waals surface area contributed by atoms with Crippen molar-refractivity contribution >= 4 is 11.6 Å². The van der Waals surface area contributed by atoms with Crippen LogP contribution in [-0.2, 0) is 0 Å². The molecule has 1 N–H and O–H groups in total. The van der Waals surface area contributed by atoms with E-state index < -0.39 is 0 Å². The van der Waals surface area contributed by atoms with Crippen molar-refractivity contribution in [1.82, 2.24) is 10.2 Å². The van der Waals surface area contributed by atoms with Crippen LogP contribution < -0.4 is 0 Å². The molecule has 0 aliphatic rings. The monoisotopic (exact) mass is 168 g/mol. The van der Waals surface area contributed by atoms with Crippen LogP contribution in [0.3, 0.4) is 0 Å². The van der Waals surface area contributed by atoms with Crippen molar-refractivity contribution in [3.05, 3.63) is 17.0 Å². The first kappa shape index (κ1) is 8.16. The molecule has 0 radical (unpaired) electrons. The number of aryl methyl sites for hydroxylation is 2. The SMILES string of the molecule is Cc1n[nH]c(C)c1C#CCCl. The topological polar surface area (TPSA) is 28.7 Å². The van der Waals surface area contributed by atoms with Crippen LogP contribution in [0.25, 0.3) is 0 Å². The Balaban J connectivity index is 3.01. The number of hydrogen-bond donors (Lipinski definition) is 1. The Bertz CT molecular complexity index is 284. The molecule has 0 aromatic carbocycles. The molecule has 0 aliphatic heterocycles. The van der Waals surface area contributed by atoms with Gasteiger partial charge in [-0.1, -0.05) is 11.8 Å². The molecule has 0 spiro atoms. The lowest BCUT2D eigenvalue weighted by Crippen LogP contribution is -1.78. The third-order valence-electron chi connectivity index (χ3n) is 1.41. The van der Waals surface area contributed by atoms with Gasteiger partial charge in [0.2, 0.25) is 0 Å². The number of hydrogen-bond acceptors (Lipinski definition) is 1. The number of nitrogens with zero attached hydrogens (tertiary/aromatic N) is 1. The summed E-state index contributed by atoms with van der Waals surface area (Å²) in [5.41, 5.74) is 2.89. The van der Waals surface area contributed by atoms with Gasteiger partial charge in [0.15, 0.2) is 0 Å². The molecule has 11 heavy (non-hydrogen) atoms. The van der Waals surface area contributed by atoms with Crippen molar-refractivity contribution in [2.75, 3.05) is 5.88 Å². The van der Waals surface area contributed by atoms with Crippen molar-refractivity contribution < 1.29 is 0 Å². The fraction of sp³-hybridized carbons (Fsp3) is 0.375. The lowest BCUT2D eigenvalue weighted by Gasteiger charge is -1.85. The van der Waals surface area contributed by atoms with Gasteiger partial charge in [0.05, 0.1) is 17.1 Å². The van der Waals surface area contributed by atoms with Gasteiger partial charge in [-0.25, -0.2) is 0 Å². The summed E-state index contributed by atoms with van der Waals surface area (Å²) in [5, 5.41) is 6.85. The maximum atomic E-state index is 5.42. The number of H-pyrrole nitrogens is 1. The third-order valence-corrected chi connectivity index (χ3v) is 1.54. The quantitative estimate of drug-likeness (QED) is 0.463. The van der Waals surface area contributed by atoms with Gasteiger partial charge in [0.1, 0.15) is 0 Å². The first-order valence-electron chi connectivity index (χ1n) is 3.32. The van der Waals surface area contributed by atoms with Crippen LogP contribution >= 0.6 is 11.6 Å². The maximum Gasteiger partial charge on any atom is 0.0839 e. The number of aromatic amines is 1. The molecule has 58 valence electrons. The summed E-state index contributed by atoms with van der Waals surface area (Å²) in [6.07, 6.45) is 0. The predicted octanol–water partition coefficient (Wildman–Crippen LogP) is 1.62. The molecule has 0 unspecified atom stereocenters. The van der Waals surface area contributed by atoms with E-state index in [1.807, 2.05) is 13.8 Å². The molecule has 0 aliphatic carbocycles. The Hall–Kier alpha value is -0.940. The minimum absolute atomic E-state index is 0.365. The molecule has 1 aromatic heterocycles. The van der Waals surface area contributed by atoms with E-state index in [1.165, 1.54) is 0 Å². The molecule has 3 heteroatoms. The fourth-order valence-electron chi connectivity index (χ4n) is 0.857. The fourth-order valence-corrected chi connectivity index (χ4v) is 0.924. The zero-order valence-electron chi connectivity index (χ0n) is 6.53. The van der Waals surface area contributed by atoms with Gasteiger partial charge in [0.25, 0.3) is 0 Å². The second-order valence-electron chi connectivity index (χ2n) is 2.24. The summed E-state index contributed by atoms with van der Waals surface area (Å²) in [4.78, 5) is 0. The lowest BCUT2D eigenvalue weighted by atomic mass is 10.2. The van der Waals surface area contributed by atoms with E-state index in [4.69, 9.17) is 11.6 Å². The van der Waals surface area contributed by atoms with Gasteiger partial charge in [-0.15, -0.1) is 11.6 Å². The predicted molar refractivity (Wildman–Crippen MR) is 45.7 cm³/mol. The van der Waals surface area contributed by atoms with E-state index in [0.29, 0.717) is 5.88 Å². The van der Waals surface area contributed by atoms with Crippen LogP contribution in [0.1, 0.15) is 17.0 Å². The van der Waals surface area contributed by atoms with E-state index in [1.54, 1.807) is 0 Å². The molecule has 0 atom stereocenters. The molecule has 2 nitrogen and oxygen atoms in total. The van der Waals surface area contributed by atoms with Gasteiger partial charge in [0, 0.05) is 5.69 Å². The average Bonchev–Trinajstić information content (AvgIpc) is 2.29. The van der Waals surface area contributed by atoms with Crippen molar-refractivity contribution in [1.29, 1.82) is 0 Å². The zero-order valence-corrected chi connectivity index (χ0v) is 7.29. The Morgan fingerprint density at radius 3 is 2.73 bits per heavy atom. The van der Waals surface area contributed by atoms with Gasteiger partial charge >= 0.3 is 0 Å². The molecular formula is C8H9ClN2. The highest BCUT2D eigenvalue weighted by Crippen LogP contribution is 2.06. The normalized spacial score (nSPS) is 9.00. The van der Waals surface area contributed by atoms with Crippen LogP contribution in [0.4, 0.5) is 0 Å². The maximum absolute atomic E-state index is 5.42. The molecular weight excluding hydrogens is 160 g/mol. The van der Waals surface area contributed by atoms with Crippen molar-refractivity contribution in [2.24, 2.45) is 0 Å².